The molecule has 0 radical (unpaired) electrons. The zero-order valence-electron chi connectivity index (χ0n) is 17.7. The van der Waals surface area contributed by atoms with Gasteiger partial charge < -0.3 is 25.6 Å². The normalized spacial score (nSPS) is 10.2. The third-order valence-electron chi connectivity index (χ3n) is 4.26. The molecular weight excluding hydrogens is 394 g/mol. The van der Waals surface area contributed by atoms with Crippen LogP contribution in [0.1, 0.15) is 10.4 Å². The molecule has 31 heavy (non-hydrogen) atoms. The highest BCUT2D eigenvalue weighted by molar-refractivity contribution is 5.99. The van der Waals surface area contributed by atoms with Gasteiger partial charge in [0.15, 0.2) is 0 Å². The van der Waals surface area contributed by atoms with Crippen molar-refractivity contribution in [3.05, 3.63) is 66.9 Å². The van der Waals surface area contributed by atoms with E-state index < -0.39 is 0 Å². The summed E-state index contributed by atoms with van der Waals surface area (Å²) in [6.07, 6.45) is 3.06. The Morgan fingerprint density at radius 3 is 2.58 bits per heavy atom. The summed E-state index contributed by atoms with van der Waals surface area (Å²) in [6.45, 7) is 3.94. The first-order valence-electron chi connectivity index (χ1n) is 9.58. The molecule has 0 unspecified atom stereocenters. The van der Waals surface area contributed by atoms with Crippen LogP contribution in [0.2, 0.25) is 0 Å². The maximum absolute atomic E-state index is 12.6. The number of hydrogen-bond acceptors (Lipinski definition) is 8. The van der Waals surface area contributed by atoms with E-state index in [1.165, 1.54) is 13.3 Å². The average molecular weight is 419 g/mol. The van der Waals surface area contributed by atoms with E-state index in [9.17, 15) is 4.79 Å². The maximum Gasteiger partial charge on any atom is 0.256 e. The number of amides is 1. The zero-order chi connectivity index (χ0) is 22.2. The summed E-state index contributed by atoms with van der Waals surface area (Å²) >= 11 is 0. The van der Waals surface area contributed by atoms with Gasteiger partial charge in [-0.15, -0.1) is 6.58 Å². The zero-order valence-corrected chi connectivity index (χ0v) is 17.7. The molecule has 160 valence electrons. The van der Waals surface area contributed by atoms with E-state index >= 15 is 0 Å². The quantitative estimate of drug-likeness (QED) is 0.454. The van der Waals surface area contributed by atoms with E-state index in [0.29, 0.717) is 30.0 Å². The number of rotatable bonds is 9. The lowest BCUT2D eigenvalue weighted by Crippen LogP contribution is -2.25. The molecule has 0 atom stereocenters. The number of nitrogens with zero attached hydrogens (tertiary/aromatic N) is 4. The molecule has 3 N–H and O–H groups in total. The molecule has 0 spiro atoms. The Hall–Kier alpha value is -4.14. The topological polar surface area (TPSA) is 104 Å². The second-order valence-electron chi connectivity index (χ2n) is 6.71. The fourth-order valence-corrected chi connectivity index (χ4v) is 2.66. The van der Waals surface area contributed by atoms with Crippen LogP contribution in [0.25, 0.3) is 0 Å². The third kappa shape index (κ3) is 5.69. The van der Waals surface area contributed by atoms with E-state index in [2.05, 4.69) is 37.5 Å². The number of pyridine rings is 1. The lowest BCUT2D eigenvalue weighted by molar-refractivity contribution is 0.0958. The summed E-state index contributed by atoms with van der Waals surface area (Å²) in [7, 11) is 5.49. The summed E-state index contributed by atoms with van der Waals surface area (Å²) in [5, 5.41) is 8.97. The number of hydrogen-bond donors (Lipinski definition) is 3. The van der Waals surface area contributed by atoms with Crippen molar-refractivity contribution in [1.29, 1.82) is 0 Å². The number of benzene rings is 1. The van der Waals surface area contributed by atoms with Crippen molar-refractivity contribution in [2.75, 3.05) is 43.3 Å². The van der Waals surface area contributed by atoms with Gasteiger partial charge in [0.2, 0.25) is 11.8 Å². The highest BCUT2D eigenvalue weighted by Crippen LogP contribution is 2.23. The van der Waals surface area contributed by atoms with Crippen molar-refractivity contribution in [2.24, 2.45) is 0 Å². The fourth-order valence-electron chi connectivity index (χ4n) is 2.66. The molecule has 0 aliphatic rings. The van der Waals surface area contributed by atoms with Crippen LogP contribution in [0.15, 0.2) is 61.3 Å². The van der Waals surface area contributed by atoms with Crippen molar-refractivity contribution >= 4 is 34.9 Å². The van der Waals surface area contributed by atoms with Gasteiger partial charge in [-0.3, -0.25) is 4.79 Å². The molecule has 0 bridgehead atoms. The largest absolute Gasteiger partial charge is 0.481 e. The first kappa shape index (κ1) is 21.6. The van der Waals surface area contributed by atoms with Gasteiger partial charge in [-0.2, -0.15) is 9.97 Å². The van der Waals surface area contributed by atoms with Crippen molar-refractivity contribution in [3.8, 4) is 5.88 Å². The molecule has 3 rings (SSSR count). The highest BCUT2D eigenvalue weighted by Gasteiger charge is 2.15. The molecule has 0 saturated heterocycles. The van der Waals surface area contributed by atoms with Gasteiger partial charge in [0.1, 0.15) is 17.2 Å². The van der Waals surface area contributed by atoms with Crippen LogP contribution < -0.4 is 25.6 Å². The lowest BCUT2D eigenvalue weighted by atomic mass is 10.2. The number of ether oxygens (including phenoxy) is 1. The summed E-state index contributed by atoms with van der Waals surface area (Å²) in [5.74, 6) is 1.24. The molecule has 3 aromatic rings. The summed E-state index contributed by atoms with van der Waals surface area (Å²) in [4.78, 5) is 27.7. The van der Waals surface area contributed by atoms with Gasteiger partial charge in [0.05, 0.1) is 7.11 Å². The monoisotopic (exact) mass is 419 g/mol. The molecule has 2 aromatic heterocycles. The molecular formula is C22H25N7O2. The molecule has 2 heterocycles. The standard InChI is InChI=1S/C22H25N7O2/c1-5-13-23-21(30)17-14-24-22(25-15-9-11-16(12-10-15)29(2)3)28-20(17)27-18-7-6-8-19(26-18)31-4/h5-12,14H,1,13H2,2-4H3,(H,23,30)(H2,24,25,26,27,28). The van der Waals surface area contributed by atoms with Gasteiger partial charge >= 0.3 is 0 Å². The molecule has 9 nitrogen and oxygen atoms in total. The van der Waals surface area contributed by atoms with Crippen LogP contribution >= 0.6 is 0 Å². The SMILES string of the molecule is C=CCNC(=O)c1cnc(Nc2ccc(N(C)C)cc2)nc1Nc1cccc(OC)n1. The Labute approximate surface area is 181 Å². The number of anilines is 5. The van der Waals surface area contributed by atoms with Crippen LogP contribution in [0, 0.1) is 0 Å². The summed E-state index contributed by atoms with van der Waals surface area (Å²) in [6, 6.07) is 13.1. The fraction of sp³-hybridized carbons (Fsp3) is 0.182. The second-order valence-corrected chi connectivity index (χ2v) is 6.71. The first-order valence-corrected chi connectivity index (χ1v) is 9.58. The average Bonchev–Trinajstić information content (AvgIpc) is 2.78. The Morgan fingerprint density at radius 2 is 1.90 bits per heavy atom. The first-order chi connectivity index (χ1) is 15.0. The van der Waals surface area contributed by atoms with Crippen LogP contribution in [-0.2, 0) is 0 Å². The molecule has 1 amide bonds. The van der Waals surface area contributed by atoms with E-state index in [-0.39, 0.29) is 11.5 Å². The minimum atomic E-state index is -0.327. The van der Waals surface area contributed by atoms with Crippen LogP contribution in [0.4, 0.5) is 29.0 Å². The number of aromatic nitrogens is 3. The summed E-state index contributed by atoms with van der Waals surface area (Å²) in [5.41, 5.74) is 2.17. The lowest BCUT2D eigenvalue weighted by Gasteiger charge is -2.14. The van der Waals surface area contributed by atoms with Crippen molar-refractivity contribution in [3.63, 3.8) is 0 Å². The van der Waals surface area contributed by atoms with Gasteiger partial charge in [-0.25, -0.2) is 4.98 Å². The van der Waals surface area contributed by atoms with E-state index in [1.807, 2.05) is 43.3 Å². The third-order valence-corrected chi connectivity index (χ3v) is 4.26. The second kappa shape index (κ2) is 10.1. The van der Waals surface area contributed by atoms with Gasteiger partial charge in [0.25, 0.3) is 5.91 Å². The van der Waals surface area contributed by atoms with Crippen LogP contribution in [-0.4, -0.2) is 48.6 Å². The predicted octanol–water partition coefficient (Wildman–Crippen LogP) is 3.35. The van der Waals surface area contributed by atoms with E-state index in [1.54, 1.807) is 24.3 Å². The number of carbonyl (C=O) groups is 1. The van der Waals surface area contributed by atoms with Crippen molar-refractivity contribution in [2.45, 2.75) is 0 Å². The summed E-state index contributed by atoms with van der Waals surface area (Å²) < 4.78 is 5.16. The molecule has 0 fully saturated rings. The molecule has 1 aromatic carbocycles. The number of carbonyl (C=O) groups excluding carboxylic acids is 1. The van der Waals surface area contributed by atoms with Gasteiger partial charge in [-0.1, -0.05) is 12.1 Å². The molecule has 0 aliphatic heterocycles. The maximum atomic E-state index is 12.6. The van der Waals surface area contributed by atoms with Gasteiger partial charge in [0, 0.05) is 44.3 Å². The smallest absolute Gasteiger partial charge is 0.256 e. The Bertz CT molecular complexity index is 1050. The highest BCUT2D eigenvalue weighted by atomic mass is 16.5. The van der Waals surface area contributed by atoms with Gasteiger partial charge in [-0.05, 0) is 30.3 Å². The Kier molecular flexibility index (Phi) is 7.00. The minimum absolute atomic E-state index is 0.278. The van der Waals surface area contributed by atoms with Crippen molar-refractivity contribution < 1.29 is 9.53 Å². The molecule has 9 heteroatoms. The molecule has 0 saturated carbocycles. The number of nitrogens with one attached hydrogen (secondary N) is 3. The van der Waals surface area contributed by atoms with E-state index in [0.717, 1.165) is 11.4 Å². The Morgan fingerprint density at radius 1 is 1.13 bits per heavy atom. The minimum Gasteiger partial charge on any atom is -0.481 e. The van der Waals surface area contributed by atoms with Crippen LogP contribution in [0.3, 0.4) is 0 Å². The molecule has 0 aliphatic carbocycles. The Balaban J connectivity index is 1.90. The van der Waals surface area contributed by atoms with E-state index in [4.69, 9.17) is 4.74 Å². The van der Waals surface area contributed by atoms with Crippen LogP contribution in [0.5, 0.6) is 5.88 Å². The number of methoxy groups -OCH3 is 1. The predicted molar refractivity (Wildman–Crippen MR) is 123 cm³/mol. The van der Waals surface area contributed by atoms with Crippen molar-refractivity contribution in [1.82, 2.24) is 20.3 Å².